The Morgan fingerprint density at radius 2 is 1.59 bits per heavy atom. The quantitative estimate of drug-likeness (QED) is 0.613. The van der Waals surface area contributed by atoms with E-state index in [1.54, 1.807) is 0 Å². The lowest BCUT2D eigenvalue weighted by Crippen LogP contribution is -2.35. The number of halogens is 2. The fraction of sp³-hybridized carbons (Fsp3) is 0.375. The molecule has 6 nitrogen and oxygen atoms in total. The van der Waals surface area contributed by atoms with Crippen LogP contribution in [0.2, 0.25) is 0 Å². The number of amides is 3. The number of carbonyl (C=O) groups is 3. The fourth-order valence-corrected chi connectivity index (χ4v) is 3.97. The number of ether oxygens (including phenoxy) is 1. The maximum Gasteiger partial charge on any atom is 0.338 e. The van der Waals surface area contributed by atoms with Crippen molar-refractivity contribution in [1.29, 1.82) is 0 Å². The summed E-state index contributed by atoms with van der Waals surface area (Å²) < 4.78 is 33.1. The molecule has 3 rings (SSSR count). The first-order valence-electron chi connectivity index (χ1n) is 10.6. The average Bonchev–Trinajstić information content (AvgIpc) is 2.74. The van der Waals surface area contributed by atoms with Crippen LogP contribution in [0.15, 0.2) is 42.5 Å². The number of urea groups is 1. The third-order valence-electron chi connectivity index (χ3n) is 5.66. The van der Waals surface area contributed by atoms with Crippen molar-refractivity contribution in [2.45, 2.75) is 45.6 Å². The number of anilines is 1. The van der Waals surface area contributed by atoms with Gasteiger partial charge in [0, 0.05) is 5.69 Å². The molecule has 2 atom stereocenters. The molecule has 2 unspecified atom stereocenters. The van der Waals surface area contributed by atoms with Crippen LogP contribution in [-0.2, 0) is 4.74 Å². The molecule has 0 bridgehead atoms. The van der Waals surface area contributed by atoms with Gasteiger partial charge in [-0.25, -0.2) is 18.4 Å². The fourth-order valence-electron chi connectivity index (χ4n) is 3.97. The van der Waals surface area contributed by atoms with Gasteiger partial charge in [-0.2, -0.15) is 0 Å². The number of esters is 1. The Kier molecular flexibility index (Phi) is 7.56. The third-order valence-corrected chi connectivity index (χ3v) is 5.66. The summed E-state index contributed by atoms with van der Waals surface area (Å²) in [4.78, 5) is 36.5. The van der Waals surface area contributed by atoms with E-state index in [0.29, 0.717) is 23.1 Å². The highest BCUT2D eigenvalue weighted by molar-refractivity contribution is 6.08. The summed E-state index contributed by atoms with van der Waals surface area (Å²) in [6, 6.07) is 7.96. The molecule has 2 aromatic carbocycles. The standard InChI is InChI=1S/C24H26F2N2O4/c1-14(2)17-6-3-4-9-20(17)32-23(30)15-10-12-16(13-11-15)27-24(31)28-22(29)21-18(25)7-5-8-19(21)26/h5,7-8,10-14,17,20H,3-4,6,9H2,1-2H3,(H2,27,28,29,31). The molecular weight excluding hydrogens is 418 g/mol. The van der Waals surface area contributed by atoms with E-state index in [9.17, 15) is 23.2 Å². The topological polar surface area (TPSA) is 84.5 Å². The van der Waals surface area contributed by atoms with Gasteiger partial charge in [0.15, 0.2) is 0 Å². The summed E-state index contributed by atoms with van der Waals surface area (Å²) in [5.41, 5.74) is -0.213. The Bertz CT molecular complexity index is 972. The SMILES string of the molecule is CC(C)C1CCCCC1OC(=O)c1ccc(NC(=O)NC(=O)c2c(F)cccc2F)cc1. The van der Waals surface area contributed by atoms with E-state index >= 15 is 0 Å². The molecule has 2 aromatic rings. The van der Waals surface area contributed by atoms with Gasteiger partial charge in [0.1, 0.15) is 23.3 Å². The maximum atomic E-state index is 13.7. The van der Waals surface area contributed by atoms with E-state index < -0.39 is 35.1 Å². The molecule has 1 aliphatic carbocycles. The van der Waals surface area contributed by atoms with Gasteiger partial charge in [0.25, 0.3) is 5.91 Å². The summed E-state index contributed by atoms with van der Waals surface area (Å²) in [5, 5.41) is 4.26. The minimum absolute atomic E-state index is 0.107. The molecule has 2 N–H and O–H groups in total. The van der Waals surface area contributed by atoms with Crippen LogP contribution in [0.3, 0.4) is 0 Å². The van der Waals surface area contributed by atoms with Crippen LogP contribution in [0, 0.1) is 23.5 Å². The first-order valence-corrected chi connectivity index (χ1v) is 10.6. The van der Waals surface area contributed by atoms with Gasteiger partial charge in [-0.15, -0.1) is 0 Å². The Balaban J connectivity index is 1.57. The van der Waals surface area contributed by atoms with Crippen LogP contribution >= 0.6 is 0 Å². The highest BCUT2D eigenvalue weighted by Crippen LogP contribution is 2.32. The molecule has 0 aliphatic heterocycles. The number of rotatable bonds is 5. The van der Waals surface area contributed by atoms with Gasteiger partial charge in [-0.05, 0) is 67.5 Å². The monoisotopic (exact) mass is 444 g/mol. The van der Waals surface area contributed by atoms with Crippen molar-refractivity contribution in [3.63, 3.8) is 0 Å². The van der Waals surface area contributed by atoms with E-state index in [1.807, 2.05) is 5.32 Å². The van der Waals surface area contributed by atoms with Gasteiger partial charge in [0.2, 0.25) is 0 Å². The van der Waals surface area contributed by atoms with E-state index in [0.717, 1.165) is 43.9 Å². The summed E-state index contributed by atoms with van der Waals surface area (Å²) in [6.45, 7) is 4.27. The number of imide groups is 1. The number of hydrogen-bond acceptors (Lipinski definition) is 4. The molecule has 1 saturated carbocycles. The van der Waals surface area contributed by atoms with Crippen LogP contribution in [0.4, 0.5) is 19.3 Å². The van der Waals surface area contributed by atoms with Crippen molar-refractivity contribution < 1.29 is 27.9 Å². The molecule has 0 saturated heterocycles. The molecule has 3 amide bonds. The molecule has 0 heterocycles. The predicted molar refractivity (Wildman–Crippen MR) is 115 cm³/mol. The molecule has 1 fully saturated rings. The first kappa shape index (κ1) is 23.4. The van der Waals surface area contributed by atoms with Crippen LogP contribution in [0.5, 0.6) is 0 Å². The van der Waals surface area contributed by atoms with Crippen molar-refractivity contribution in [3.05, 3.63) is 65.2 Å². The number of hydrogen-bond donors (Lipinski definition) is 2. The molecule has 0 spiro atoms. The lowest BCUT2D eigenvalue weighted by molar-refractivity contribution is -0.00828. The molecule has 32 heavy (non-hydrogen) atoms. The van der Waals surface area contributed by atoms with Crippen LogP contribution in [0.25, 0.3) is 0 Å². The van der Waals surface area contributed by atoms with E-state index in [4.69, 9.17) is 4.74 Å². The molecule has 0 aromatic heterocycles. The largest absolute Gasteiger partial charge is 0.458 e. The third kappa shape index (κ3) is 5.69. The zero-order valence-corrected chi connectivity index (χ0v) is 18.0. The normalized spacial score (nSPS) is 18.2. The Morgan fingerprint density at radius 3 is 2.22 bits per heavy atom. The molecular formula is C24H26F2N2O4. The summed E-state index contributed by atoms with van der Waals surface area (Å²) >= 11 is 0. The highest BCUT2D eigenvalue weighted by atomic mass is 19.1. The van der Waals surface area contributed by atoms with E-state index in [-0.39, 0.29) is 6.10 Å². The lowest BCUT2D eigenvalue weighted by atomic mass is 9.79. The summed E-state index contributed by atoms with van der Waals surface area (Å²) in [7, 11) is 0. The van der Waals surface area contributed by atoms with Gasteiger partial charge in [-0.3, -0.25) is 10.1 Å². The van der Waals surface area contributed by atoms with Crippen molar-refractivity contribution >= 4 is 23.6 Å². The van der Waals surface area contributed by atoms with Gasteiger partial charge in [0.05, 0.1) is 5.56 Å². The highest BCUT2D eigenvalue weighted by Gasteiger charge is 2.30. The van der Waals surface area contributed by atoms with Crippen LogP contribution in [-0.4, -0.2) is 24.0 Å². The van der Waals surface area contributed by atoms with Gasteiger partial charge >= 0.3 is 12.0 Å². The predicted octanol–water partition coefficient (Wildman–Crippen LogP) is 5.30. The van der Waals surface area contributed by atoms with Crippen LogP contribution < -0.4 is 10.6 Å². The minimum atomic E-state index is -1.20. The average molecular weight is 444 g/mol. The van der Waals surface area contributed by atoms with E-state index in [1.165, 1.54) is 24.3 Å². The number of benzene rings is 2. The Labute approximate surface area is 185 Å². The molecule has 1 aliphatic rings. The first-order chi connectivity index (χ1) is 15.3. The number of nitrogens with one attached hydrogen (secondary N) is 2. The molecule has 0 radical (unpaired) electrons. The molecule has 8 heteroatoms. The van der Waals surface area contributed by atoms with Crippen molar-refractivity contribution in [3.8, 4) is 0 Å². The van der Waals surface area contributed by atoms with Crippen molar-refractivity contribution in [1.82, 2.24) is 5.32 Å². The summed E-state index contributed by atoms with van der Waals surface area (Å²) in [6.07, 6.45) is 3.97. The van der Waals surface area contributed by atoms with E-state index in [2.05, 4.69) is 19.2 Å². The second-order valence-electron chi connectivity index (χ2n) is 8.22. The Morgan fingerprint density at radius 1 is 0.969 bits per heavy atom. The van der Waals surface area contributed by atoms with Gasteiger partial charge in [-0.1, -0.05) is 26.3 Å². The van der Waals surface area contributed by atoms with Crippen molar-refractivity contribution in [2.24, 2.45) is 11.8 Å². The molecule has 170 valence electrons. The van der Waals surface area contributed by atoms with Crippen molar-refractivity contribution in [2.75, 3.05) is 5.32 Å². The smallest absolute Gasteiger partial charge is 0.338 e. The number of carbonyl (C=O) groups excluding carboxylic acids is 3. The zero-order valence-electron chi connectivity index (χ0n) is 18.0. The maximum absolute atomic E-state index is 13.7. The second kappa shape index (κ2) is 10.3. The van der Waals surface area contributed by atoms with Gasteiger partial charge < -0.3 is 10.1 Å². The lowest BCUT2D eigenvalue weighted by Gasteiger charge is -2.33. The Hall–Kier alpha value is -3.29. The summed E-state index contributed by atoms with van der Waals surface area (Å²) in [5.74, 6) is -3.01. The zero-order chi connectivity index (χ0) is 23.3. The minimum Gasteiger partial charge on any atom is -0.458 e. The second-order valence-corrected chi connectivity index (χ2v) is 8.22. The van der Waals surface area contributed by atoms with Crippen LogP contribution in [0.1, 0.15) is 60.2 Å².